The van der Waals surface area contributed by atoms with Crippen molar-refractivity contribution in [3.8, 4) is 0 Å². The number of ether oxygens (including phenoxy) is 4. The number of hydrogen-bond acceptors (Lipinski definition) is 8. The van der Waals surface area contributed by atoms with Crippen LogP contribution in [0.15, 0.2) is 17.4 Å². The van der Waals surface area contributed by atoms with E-state index in [-0.39, 0.29) is 17.7 Å². The van der Waals surface area contributed by atoms with Gasteiger partial charge in [-0.2, -0.15) is 0 Å². The number of aromatic amines is 1. The van der Waals surface area contributed by atoms with Crippen molar-refractivity contribution in [1.29, 1.82) is 0 Å². The maximum atomic E-state index is 11.8. The summed E-state index contributed by atoms with van der Waals surface area (Å²) < 4.78 is 23.6. The van der Waals surface area contributed by atoms with Crippen molar-refractivity contribution in [2.75, 3.05) is 20.8 Å². The normalized spacial score (nSPS) is 26.8. The smallest absolute Gasteiger partial charge is 0.302 e. The Morgan fingerprint density at radius 3 is 2.75 bits per heavy atom. The zero-order valence-corrected chi connectivity index (χ0v) is 13.5. The fraction of sp³-hybridized carbons (Fsp3) is 0.571. The molecule has 0 bridgehead atoms. The number of H-pyrrole nitrogens is 1. The first-order valence-corrected chi connectivity index (χ1v) is 7.31. The van der Waals surface area contributed by atoms with Crippen LogP contribution in [0, 0.1) is 0 Å². The van der Waals surface area contributed by atoms with Gasteiger partial charge in [-0.1, -0.05) is 0 Å². The molecular weight excluding hydrogens is 320 g/mol. The number of carbonyl (C=O) groups is 1. The molecule has 4 unspecified atom stereocenters. The molecule has 4 atom stereocenters. The minimum Gasteiger partial charge on any atom is -0.463 e. The molecule has 130 valence electrons. The van der Waals surface area contributed by atoms with Gasteiger partial charge < -0.3 is 23.9 Å². The summed E-state index contributed by atoms with van der Waals surface area (Å²) in [4.78, 5) is 33.5. The number of hydrogen-bond donors (Lipinski definition) is 1. The van der Waals surface area contributed by atoms with E-state index in [1.807, 2.05) is 0 Å². The van der Waals surface area contributed by atoms with Gasteiger partial charge in [0.1, 0.15) is 24.9 Å². The molecule has 0 aliphatic carbocycles. The van der Waals surface area contributed by atoms with Crippen LogP contribution in [0.25, 0.3) is 11.2 Å². The average Bonchev–Trinajstić information content (AvgIpc) is 3.13. The van der Waals surface area contributed by atoms with Crippen LogP contribution in [0.4, 0.5) is 0 Å². The van der Waals surface area contributed by atoms with E-state index in [2.05, 4.69) is 15.0 Å². The van der Waals surface area contributed by atoms with Gasteiger partial charge in [-0.15, -0.1) is 0 Å². The van der Waals surface area contributed by atoms with Gasteiger partial charge in [0.2, 0.25) is 0 Å². The van der Waals surface area contributed by atoms with Gasteiger partial charge in [0.25, 0.3) is 5.56 Å². The lowest BCUT2D eigenvalue weighted by molar-refractivity contribution is -0.147. The van der Waals surface area contributed by atoms with Gasteiger partial charge in [-0.3, -0.25) is 14.2 Å². The van der Waals surface area contributed by atoms with Gasteiger partial charge >= 0.3 is 5.97 Å². The van der Waals surface area contributed by atoms with Gasteiger partial charge in [0.15, 0.2) is 17.4 Å². The number of esters is 1. The first kappa shape index (κ1) is 16.6. The molecule has 10 heteroatoms. The zero-order chi connectivity index (χ0) is 17.3. The highest BCUT2D eigenvalue weighted by atomic mass is 16.6. The molecule has 24 heavy (non-hydrogen) atoms. The molecule has 0 aromatic carbocycles. The minimum absolute atomic E-state index is 0.0326. The van der Waals surface area contributed by atoms with Gasteiger partial charge in [0, 0.05) is 21.1 Å². The van der Waals surface area contributed by atoms with Gasteiger partial charge in [-0.05, 0) is 0 Å². The molecule has 10 nitrogen and oxygen atoms in total. The molecule has 3 rings (SSSR count). The second kappa shape index (κ2) is 6.67. The van der Waals surface area contributed by atoms with Crippen LogP contribution < -0.4 is 5.56 Å². The predicted octanol–water partition coefficient (Wildman–Crippen LogP) is -0.390. The Morgan fingerprint density at radius 1 is 1.33 bits per heavy atom. The van der Waals surface area contributed by atoms with Crippen LogP contribution in [0.2, 0.25) is 0 Å². The number of aromatic nitrogens is 4. The third-order valence-corrected chi connectivity index (χ3v) is 3.92. The number of imidazole rings is 1. The number of methoxy groups -OCH3 is 2. The van der Waals surface area contributed by atoms with Gasteiger partial charge in [-0.25, -0.2) is 9.97 Å². The van der Waals surface area contributed by atoms with Crippen molar-refractivity contribution < 1.29 is 23.7 Å². The largest absolute Gasteiger partial charge is 0.463 e. The lowest BCUT2D eigenvalue weighted by Gasteiger charge is -2.21. The molecule has 0 amide bonds. The van der Waals surface area contributed by atoms with E-state index in [4.69, 9.17) is 18.9 Å². The van der Waals surface area contributed by atoms with E-state index in [1.54, 1.807) is 4.57 Å². The van der Waals surface area contributed by atoms with E-state index in [1.165, 1.54) is 33.8 Å². The third kappa shape index (κ3) is 2.79. The molecule has 3 heterocycles. The topological polar surface area (TPSA) is 118 Å². The molecule has 1 aliphatic rings. The highest BCUT2D eigenvalue weighted by molar-refractivity contribution is 5.69. The summed E-state index contributed by atoms with van der Waals surface area (Å²) in [5, 5.41) is 0. The highest BCUT2D eigenvalue weighted by Crippen LogP contribution is 2.34. The van der Waals surface area contributed by atoms with E-state index in [0.29, 0.717) is 5.65 Å². The number of carbonyl (C=O) groups excluding carboxylic acids is 1. The van der Waals surface area contributed by atoms with Crippen LogP contribution in [0.3, 0.4) is 0 Å². The Morgan fingerprint density at radius 2 is 2.08 bits per heavy atom. The first-order chi connectivity index (χ1) is 11.6. The predicted molar refractivity (Wildman–Crippen MR) is 80.3 cm³/mol. The Balaban J connectivity index is 1.95. The highest BCUT2D eigenvalue weighted by Gasteiger charge is 2.47. The molecule has 1 N–H and O–H groups in total. The second-order valence-corrected chi connectivity index (χ2v) is 5.32. The molecule has 1 aliphatic heterocycles. The molecule has 1 saturated heterocycles. The summed E-state index contributed by atoms with van der Waals surface area (Å²) >= 11 is 0. The molecule has 0 saturated carbocycles. The molecule has 1 fully saturated rings. The monoisotopic (exact) mass is 338 g/mol. The minimum atomic E-state index is -0.625. The summed E-state index contributed by atoms with van der Waals surface area (Å²) in [6, 6.07) is 0. The Labute approximate surface area is 136 Å². The van der Waals surface area contributed by atoms with Crippen molar-refractivity contribution in [3.63, 3.8) is 0 Å². The maximum Gasteiger partial charge on any atom is 0.302 e. The lowest BCUT2D eigenvalue weighted by Crippen LogP contribution is -2.37. The van der Waals surface area contributed by atoms with Crippen molar-refractivity contribution in [1.82, 2.24) is 19.5 Å². The summed E-state index contributed by atoms with van der Waals surface area (Å²) in [7, 11) is 3.05. The average molecular weight is 338 g/mol. The van der Waals surface area contributed by atoms with Crippen LogP contribution in [0.5, 0.6) is 0 Å². The van der Waals surface area contributed by atoms with E-state index < -0.39 is 30.5 Å². The Bertz CT molecular complexity index is 787. The van der Waals surface area contributed by atoms with Gasteiger partial charge in [0.05, 0.1) is 12.7 Å². The number of nitrogens with zero attached hydrogens (tertiary/aromatic N) is 3. The molecule has 0 spiro atoms. The molecule has 2 aromatic rings. The van der Waals surface area contributed by atoms with E-state index in [0.717, 1.165) is 0 Å². The summed E-state index contributed by atoms with van der Waals surface area (Å²) in [6.07, 6.45) is 0.662. The number of nitrogens with one attached hydrogen (secondary N) is 1. The number of rotatable bonds is 5. The Hall–Kier alpha value is -2.30. The van der Waals surface area contributed by atoms with Crippen molar-refractivity contribution in [2.45, 2.75) is 31.5 Å². The van der Waals surface area contributed by atoms with Crippen LogP contribution in [-0.2, 0) is 23.7 Å². The molecule has 2 aromatic heterocycles. The van der Waals surface area contributed by atoms with Crippen LogP contribution >= 0.6 is 0 Å². The Kier molecular flexibility index (Phi) is 4.60. The van der Waals surface area contributed by atoms with Crippen molar-refractivity contribution in [3.05, 3.63) is 23.0 Å². The summed E-state index contributed by atoms with van der Waals surface area (Å²) in [5.74, 6) is -0.410. The fourth-order valence-corrected chi connectivity index (χ4v) is 2.85. The van der Waals surface area contributed by atoms with Crippen molar-refractivity contribution >= 4 is 17.1 Å². The maximum absolute atomic E-state index is 11.8. The third-order valence-electron chi connectivity index (χ3n) is 3.92. The SMILES string of the molecule is COC1C(COC(C)=O)OC(n2cnc3c(=O)[nH]cnc32)C1OC. The fourth-order valence-electron chi connectivity index (χ4n) is 2.85. The quantitative estimate of drug-likeness (QED) is 0.733. The summed E-state index contributed by atoms with van der Waals surface area (Å²) in [5.41, 5.74) is 0.229. The standard InChI is InChI=1S/C14H18N4O6/c1-7(19)23-4-8-10(21-2)11(22-3)14(24-8)18-6-17-9-12(18)15-5-16-13(9)20/h5-6,8,10-11,14H,4H2,1-3H3,(H,15,16,20). The molecule has 0 radical (unpaired) electrons. The molecular formula is C14H18N4O6. The number of fused-ring (bicyclic) bond motifs is 1. The zero-order valence-electron chi connectivity index (χ0n) is 13.5. The van der Waals surface area contributed by atoms with E-state index in [9.17, 15) is 9.59 Å². The first-order valence-electron chi connectivity index (χ1n) is 7.31. The van der Waals surface area contributed by atoms with Crippen molar-refractivity contribution in [2.24, 2.45) is 0 Å². The second-order valence-electron chi connectivity index (χ2n) is 5.32. The lowest BCUT2D eigenvalue weighted by atomic mass is 10.1. The van der Waals surface area contributed by atoms with E-state index >= 15 is 0 Å². The van der Waals surface area contributed by atoms with Crippen LogP contribution in [-0.4, -0.2) is 64.6 Å². The van der Waals surface area contributed by atoms with Crippen LogP contribution in [0.1, 0.15) is 13.2 Å². The summed E-state index contributed by atoms with van der Waals surface area (Å²) in [6.45, 7) is 1.35.